The molecule has 1 aromatic heterocycles. The summed E-state index contributed by atoms with van der Waals surface area (Å²) >= 11 is 0. The lowest BCUT2D eigenvalue weighted by Gasteiger charge is -2.24. The van der Waals surface area contributed by atoms with Crippen LogP contribution in [0.15, 0.2) is 10.9 Å². The van der Waals surface area contributed by atoms with Crippen molar-refractivity contribution >= 4 is 11.6 Å². The fourth-order valence-electron chi connectivity index (χ4n) is 2.34. The van der Waals surface area contributed by atoms with E-state index in [0.717, 1.165) is 18.5 Å². The summed E-state index contributed by atoms with van der Waals surface area (Å²) in [6.45, 7) is 7.08. The molecule has 2 rings (SSSR count). The monoisotopic (exact) mass is 234 g/mol. The Morgan fingerprint density at radius 1 is 1.47 bits per heavy atom. The largest absolute Gasteiger partial charge is 0.371 e. The van der Waals surface area contributed by atoms with Crippen LogP contribution in [0.3, 0.4) is 0 Å². The second kappa shape index (κ2) is 4.35. The Hall–Kier alpha value is -1.58. The van der Waals surface area contributed by atoms with Crippen molar-refractivity contribution in [2.45, 2.75) is 39.7 Å². The van der Waals surface area contributed by atoms with Gasteiger partial charge in [0.05, 0.1) is 5.56 Å². The Labute approximate surface area is 101 Å². The number of fused-ring (bicyclic) bond motifs is 1. The summed E-state index contributed by atoms with van der Waals surface area (Å²) in [5, 5.41) is 3.19. The molecule has 1 aliphatic heterocycles. The highest BCUT2D eigenvalue weighted by molar-refractivity contribution is 6.00. The number of hydrogen-bond acceptors (Lipinski definition) is 3. The number of nitrogens with zero attached hydrogens (tertiary/aromatic N) is 1. The van der Waals surface area contributed by atoms with Crippen molar-refractivity contribution in [3.05, 3.63) is 27.5 Å². The number of nitrogens with one attached hydrogen (secondary N) is 1. The van der Waals surface area contributed by atoms with Crippen LogP contribution in [0.25, 0.3) is 0 Å². The van der Waals surface area contributed by atoms with E-state index >= 15 is 0 Å². The average molecular weight is 234 g/mol. The smallest absolute Gasteiger partial charge is 0.252 e. The Kier molecular flexibility index (Phi) is 3.05. The van der Waals surface area contributed by atoms with Crippen molar-refractivity contribution in [1.82, 2.24) is 4.57 Å². The third kappa shape index (κ3) is 1.99. The molecule has 1 aliphatic rings. The number of pyridine rings is 1. The molecule has 1 aromatic rings. The van der Waals surface area contributed by atoms with Crippen LogP contribution in [-0.4, -0.2) is 16.9 Å². The van der Waals surface area contributed by atoms with Crippen LogP contribution in [0.2, 0.25) is 0 Å². The number of anilines is 1. The average Bonchev–Trinajstić information content (AvgIpc) is 2.28. The van der Waals surface area contributed by atoms with Gasteiger partial charge in [0.25, 0.3) is 5.56 Å². The quantitative estimate of drug-likeness (QED) is 0.796. The number of Topliss-reactive ketones (excluding diaryl/α,β-unsaturated/α-hetero) is 1. The van der Waals surface area contributed by atoms with Crippen LogP contribution >= 0.6 is 0 Å². The fraction of sp³-hybridized carbons (Fsp3) is 0.538. The van der Waals surface area contributed by atoms with E-state index in [2.05, 4.69) is 5.32 Å². The second-order valence-electron chi connectivity index (χ2n) is 4.80. The summed E-state index contributed by atoms with van der Waals surface area (Å²) in [6.07, 6.45) is 0.922. The van der Waals surface area contributed by atoms with Crippen LogP contribution in [0.4, 0.5) is 5.82 Å². The number of hydrogen-bond donors (Lipinski definition) is 1. The molecular weight excluding hydrogens is 216 g/mol. The van der Waals surface area contributed by atoms with Crippen molar-refractivity contribution in [3.63, 3.8) is 0 Å². The lowest BCUT2D eigenvalue weighted by Crippen LogP contribution is -2.31. The van der Waals surface area contributed by atoms with Gasteiger partial charge >= 0.3 is 0 Å². The SMILES string of the molecule is CC(=O)c1c(C(C)C)cc(=O)n2c1NCCC2. The molecule has 4 nitrogen and oxygen atoms in total. The van der Waals surface area contributed by atoms with Gasteiger partial charge < -0.3 is 5.32 Å². The van der Waals surface area contributed by atoms with Crippen molar-refractivity contribution in [2.75, 3.05) is 11.9 Å². The Bertz CT molecular complexity index is 515. The topological polar surface area (TPSA) is 51.1 Å². The molecule has 0 bridgehead atoms. The van der Waals surface area contributed by atoms with Gasteiger partial charge in [-0.2, -0.15) is 0 Å². The van der Waals surface area contributed by atoms with E-state index in [-0.39, 0.29) is 17.3 Å². The van der Waals surface area contributed by atoms with E-state index < -0.39 is 0 Å². The van der Waals surface area contributed by atoms with Gasteiger partial charge in [-0.05, 0) is 24.8 Å². The summed E-state index contributed by atoms with van der Waals surface area (Å²) in [5.41, 5.74) is 1.52. The number of carbonyl (C=O) groups is 1. The molecule has 0 unspecified atom stereocenters. The molecule has 0 amide bonds. The molecular formula is C13H18N2O2. The standard InChI is InChI=1S/C13H18N2O2/c1-8(2)10-7-11(17)15-6-4-5-14-13(15)12(10)9(3)16/h7-8,14H,4-6H2,1-3H3. The molecule has 4 heteroatoms. The molecule has 0 atom stereocenters. The first kappa shape index (κ1) is 11.9. The Balaban J connectivity index is 2.75. The van der Waals surface area contributed by atoms with Crippen molar-refractivity contribution in [3.8, 4) is 0 Å². The van der Waals surface area contributed by atoms with E-state index in [0.29, 0.717) is 17.9 Å². The molecule has 0 spiro atoms. The van der Waals surface area contributed by atoms with E-state index in [1.54, 1.807) is 17.6 Å². The van der Waals surface area contributed by atoms with Gasteiger partial charge in [0, 0.05) is 19.2 Å². The minimum atomic E-state index is -0.0131. The van der Waals surface area contributed by atoms with Crippen molar-refractivity contribution in [2.24, 2.45) is 0 Å². The highest BCUT2D eigenvalue weighted by Crippen LogP contribution is 2.26. The van der Waals surface area contributed by atoms with E-state index in [1.807, 2.05) is 13.8 Å². The molecule has 0 aromatic carbocycles. The molecule has 0 radical (unpaired) electrons. The minimum Gasteiger partial charge on any atom is -0.371 e. The van der Waals surface area contributed by atoms with Gasteiger partial charge in [0.15, 0.2) is 5.78 Å². The first-order valence-corrected chi connectivity index (χ1v) is 6.05. The highest BCUT2D eigenvalue weighted by Gasteiger charge is 2.22. The Morgan fingerprint density at radius 2 is 2.18 bits per heavy atom. The number of aromatic nitrogens is 1. The van der Waals surface area contributed by atoms with Gasteiger partial charge in [0.1, 0.15) is 5.82 Å². The van der Waals surface area contributed by atoms with Gasteiger partial charge in [-0.3, -0.25) is 14.2 Å². The van der Waals surface area contributed by atoms with Crippen LogP contribution in [0, 0.1) is 0 Å². The molecule has 92 valence electrons. The van der Waals surface area contributed by atoms with E-state index in [1.165, 1.54) is 0 Å². The number of rotatable bonds is 2. The van der Waals surface area contributed by atoms with Crippen LogP contribution in [0.5, 0.6) is 0 Å². The zero-order valence-electron chi connectivity index (χ0n) is 10.5. The molecule has 0 fully saturated rings. The molecule has 0 saturated heterocycles. The van der Waals surface area contributed by atoms with E-state index in [9.17, 15) is 9.59 Å². The first-order valence-electron chi connectivity index (χ1n) is 6.05. The summed E-state index contributed by atoms with van der Waals surface area (Å²) in [4.78, 5) is 23.8. The summed E-state index contributed by atoms with van der Waals surface area (Å²) < 4.78 is 1.67. The van der Waals surface area contributed by atoms with Gasteiger partial charge in [-0.1, -0.05) is 13.8 Å². The van der Waals surface area contributed by atoms with Crippen LogP contribution < -0.4 is 10.9 Å². The Morgan fingerprint density at radius 3 is 2.76 bits per heavy atom. The highest BCUT2D eigenvalue weighted by atomic mass is 16.1. The third-order valence-electron chi connectivity index (χ3n) is 3.17. The maximum atomic E-state index is 12.0. The van der Waals surface area contributed by atoms with Crippen molar-refractivity contribution < 1.29 is 4.79 Å². The molecule has 0 saturated carbocycles. The number of carbonyl (C=O) groups excluding carboxylic acids is 1. The van der Waals surface area contributed by atoms with E-state index in [4.69, 9.17) is 0 Å². The predicted molar refractivity (Wildman–Crippen MR) is 67.9 cm³/mol. The zero-order chi connectivity index (χ0) is 12.6. The maximum Gasteiger partial charge on any atom is 0.252 e. The number of ketones is 1. The van der Waals surface area contributed by atoms with Gasteiger partial charge in [-0.25, -0.2) is 0 Å². The predicted octanol–water partition coefficient (Wildman–Crippen LogP) is 1.99. The van der Waals surface area contributed by atoms with Crippen LogP contribution in [0.1, 0.15) is 49.0 Å². The maximum absolute atomic E-state index is 12.0. The summed E-state index contributed by atoms with van der Waals surface area (Å²) in [6, 6.07) is 1.61. The summed E-state index contributed by atoms with van der Waals surface area (Å²) in [7, 11) is 0. The third-order valence-corrected chi connectivity index (χ3v) is 3.17. The molecule has 17 heavy (non-hydrogen) atoms. The fourth-order valence-corrected chi connectivity index (χ4v) is 2.34. The normalized spacial score (nSPS) is 14.4. The zero-order valence-corrected chi connectivity index (χ0v) is 10.5. The lowest BCUT2D eigenvalue weighted by atomic mass is 9.95. The van der Waals surface area contributed by atoms with Gasteiger partial charge in [0.2, 0.25) is 0 Å². The minimum absolute atomic E-state index is 0.0131. The molecule has 2 heterocycles. The van der Waals surface area contributed by atoms with Gasteiger partial charge in [-0.15, -0.1) is 0 Å². The molecule has 1 N–H and O–H groups in total. The summed E-state index contributed by atoms with van der Waals surface area (Å²) in [5.74, 6) is 0.906. The second-order valence-corrected chi connectivity index (χ2v) is 4.80. The molecule has 0 aliphatic carbocycles. The van der Waals surface area contributed by atoms with Crippen LogP contribution in [-0.2, 0) is 6.54 Å². The lowest BCUT2D eigenvalue weighted by molar-refractivity contribution is 0.101. The van der Waals surface area contributed by atoms with Crippen molar-refractivity contribution in [1.29, 1.82) is 0 Å². The first-order chi connectivity index (χ1) is 8.02.